The normalized spacial score (nSPS) is 12.7. The topological polar surface area (TPSA) is 25.2 Å². The van der Waals surface area contributed by atoms with Crippen LogP contribution in [0.4, 0.5) is 0 Å². The molecular weight excluding hydrogens is 282 g/mol. The van der Waals surface area contributed by atoms with Gasteiger partial charge in [0.1, 0.15) is 11.3 Å². The summed E-state index contributed by atoms with van der Waals surface area (Å²) in [4.78, 5) is 0. The molecular formula is C18H18ClNO. The van der Waals surface area contributed by atoms with Crippen molar-refractivity contribution in [1.82, 2.24) is 5.32 Å². The average molecular weight is 300 g/mol. The summed E-state index contributed by atoms with van der Waals surface area (Å²) >= 11 is 6.05. The van der Waals surface area contributed by atoms with E-state index in [1.807, 2.05) is 43.3 Å². The molecule has 3 aromatic rings. The summed E-state index contributed by atoms with van der Waals surface area (Å²) < 4.78 is 5.80. The first kappa shape index (κ1) is 14.2. The summed E-state index contributed by atoms with van der Waals surface area (Å²) in [5, 5.41) is 5.49. The van der Waals surface area contributed by atoms with Crippen LogP contribution in [-0.2, 0) is 6.54 Å². The highest BCUT2D eigenvalue weighted by molar-refractivity contribution is 6.30. The molecule has 1 aromatic heterocycles. The molecule has 108 valence electrons. The van der Waals surface area contributed by atoms with Crippen LogP contribution in [0.25, 0.3) is 11.0 Å². The lowest BCUT2D eigenvalue weighted by Crippen LogP contribution is -2.18. The van der Waals surface area contributed by atoms with Crippen molar-refractivity contribution in [3.05, 3.63) is 70.4 Å². The van der Waals surface area contributed by atoms with Crippen LogP contribution < -0.4 is 5.32 Å². The van der Waals surface area contributed by atoms with Gasteiger partial charge >= 0.3 is 0 Å². The van der Waals surface area contributed by atoms with E-state index >= 15 is 0 Å². The van der Waals surface area contributed by atoms with Crippen molar-refractivity contribution in [3.8, 4) is 0 Å². The van der Waals surface area contributed by atoms with Crippen molar-refractivity contribution in [2.24, 2.45) is 0 Å². The minimum Gasteiger partial charge on any atom is -0.461 e. The van der Waals surface area contributed by atoms with Crippen molar-refractivity contribution >= 4 is 22.6 Å². The van der Waals surface area contributed by atoms with Gasteiger partial charge in [-0.1, -0.05) is 41.9 Å². The largest absolute Gasteiger partial charge is 0.461 e. The van der Waals surface area contributed by atoms with Crippen molar-refractivity contribution in [2.45, 2.75) is 26.4 Å². The van der Waals surface area contributed by atoms with Crippen molar-refractivity contribution < 1.29 is 4.42 Å². The Morgan fingerprint density at radius 2 is 1.95 bits per heavy atom. The number of rotatable bonds is 4. The zero-order valence-corrected chi connectivity index (χ0v) is 12.9. The minimum atomic E-state index is 0.233. The van der Waals surface area contributed by atoms with Gasteiger partial charge in [-0.3, -0.25) is 0 Å². The fourth-order valence-electron chi connectivity index (χ4n) is 2.59. The van der Waals surface area contributed by atoms with E-state index in [2.05, 4.69) is 24.4 Å². The van der Waals surface area contributed by atoms with Crippen LogP contribution in [-0.4, -0.2) is 0 Å². The maximum absolute atomic E-state index is 6.05. The summed E-state index contributed by atoms with van der Waals surface area (Å²) in [6.07, 6.45) is 0. The van der Waals surface area contributed by atoms with E-state index in [4.69, 9.17) is 16.0 Å². The Morgan fingerprint density at radius 3 is 2.76 bits per heavy atom. The SMILES string of the molecule is Cc1oc2ccccc2c1CN[C@H](C)c1cccc(Cl)c1. The van der Waals surface area contributed by atoms with Gasteiger partial charge in [-0.25, -0.2) is 0 Å². The number of benzene rings is 2. The Bertz CT molecular complexity index is 763. The Morgan fingerprint density at radius 1 is 1.14 bits per heavy atom. The van der Waals surface area contributed by atoms with Crippen LogP contribution in [0.1, 0.15) is 29.9 Å². The Hall–Kier alpha value is -1.77. The number of hydrogen-bond donors (Lipinski definition) is 1. The van der Waals surface area contributed by atoms with E-state index < -0.39 is 0 Å². The lowest BCUT2D eigenvalue weighted by Gasteiger charge is -2.14. The van der Waals surface area contributed by atoms with Crippen molar-refractivity contribution in [2.75, 3.05) is 0 Å². The Balaban J connectivity index is 1.79. The molecule has 0 amide bonds. The predicted molar refractivity (Wildman–Crippen MR) is 87.7 cm³/mol. The molecule has 0 saturated carbocycles. The third kappa shape index (κ3) is 2.97. The van der Waals surface area contributed by atoms with Gasteiger partial charge in [0, 0.05) is 28.6 Å². The highest BCUT2D eigenvalue weighted by Gasteiger charge is 2.12. The molecule has 0 spiro atoms. The number of fused-ring (bicyclic) bond motifs is 1. The van der Waals surface area contributed by atoms with Crippen LogP contribution in [0.3, 0.4) is 0 Å². The Labute approximate surface area is 129 Å². The molecule has 1 N–H and O–H groups in total. The molecule has 0 radical (unpaired) electrons. The molecule has 3 rings (SSSR count). The first-order chi connectivity index (χ1) is 10.1. The zero-order chi connectivity index (χ0) is 14.8. The molecule has 1 heterocycles. The predicted octanol–water partition coefficient (Wildman–Crippen LogP) is 5.25. The molecule has 3 heteroatoms. The number of hydrogen-bond acceptors (Lipinski definition) is 2. The molecule has 1 atom stereocenters. The molecule has 0 fully saturated rings. The molecule has 0 saturated heterocycles. The van der Waals surface area contributed by atoms with Gasteiger partial charge in [0.15, 0.2) is 0 Å². The van der Waals surface area contributed by atoms with Crippen LogP contribution in [0.2, 0.25) is 5.02 Å². The van der Waals surface area contributed by atoms with Gasteiger partial charge < -0.3 is 9.73 Å². The second kappa shape index (κ2) is 5.92. The number of para-hydroxylation sites is 1. The van der Waals surface area contributed by atoms with Gasteiger partial charge in [-0.15, -0.1) is 0 Å². The van der Waals surface area contributed by atoms with Crippen LogP contribution in [0.5, 0.6) is 0 Å². The molecule has 0 aliphatic rings. The lowest BCUT2D eigenvalue weighted by molar-refractivity contribution is 0.544. The van der Waals surface area contributed by atoms with E-state index in [0.717, 1.165) is 22.9 Å². The highest BCUT2D eigenvalue weighted by atomic mass is 35.5. The van der Waals surface area contributed by atoms with E-state index in [-0.39, 0.29) is 6.04 Å². The quantitative estimate of drug-likeness (QED) is 0.712. The second-order valence-electron chi connectivity index (χ2n) is 5.29. The number of aryl methyl sites for hydroxylation is 1. The molecule has 2 nitrogen and oxygen atoms in total. The van der Waals surface area contributed by atoms with Gasteiger partial charge in [-0.05, 0) is 37.6 Å². The second-order valence-corrected chi connectivity index (χ2v) is 5.73. The van der Waals surface area contributed by atoms with Crippen LogP contribution in [0.15, 0.2) is 52.9 Å². The third-order valence-corrected chi connectivity index (χ3v) is 4.07. The Kier molecular flexibility index (Phi) is 4.00. The summed E-state index contributed by atoms with van der Waals surface area (Å²) in [5.41, 5.74) is 3.36. The third-order valence-electron chi connectivity index (χ3n) is 3.83. The smallest absolute Gasteiger partial charge is 0.134 e. The summed E-state index contributed by atoms with van der Waals surface area (Å²) in [6, 6.07) is 16.3. The fourth-order valence-corrected chi connectivity index (χ4v) is 2.79. The van der Waals surface area contributed by atoms with E-state index in [1.165, 1.54) is 16.5 Å². The lowest BCUT2D eigenvalue weighted by atomic mass is 10.1. The van der Waals surface area contributed by atoms with Crippen LogP contribution in [0, 0.1) is 6.92 Å². The zero-order valence-electron chi connectivity index (χ0n) is 12.2. The molecule has 0 aliphatic heterocycles. The van der Waals surface area contributed by atoms with E-state index in [1.54, 1.807) is 0 Å². The standard InChI is InChI=1S/C18H18ClNO/c1-12(14-6-5-7-15(19)10-14)20-11-17-13(2)21-18-9-4-3-8-16(17)18/h3-10,12,20H,11H2,1-2H3/t12-/m1/s1. The summed E-state index contributed by atoms with van der Waals surface area (Å²) in [5.74, 6) is 0.974. The average Bonchev–Trinajstić information content (AvgIpc) is 2.80. The van der Waals surface area contributed by atoms with Gasteiger partial charge in [0.2, 0.25) is 0 Å². The summed E-state index contributed by atoms with van der Waals surface area (Å²) in [6.45, 7) is 4.93. The van der Waals surface area contributed by atoms with Crippen molar-refractivity contribution in [1.29, 1.82) is 0 Å². The maximum atomic E-state index is 6.05. The maximum Gasteiger partial charge on any atom is 0.134 e. The van der Waals surface area contributed by atoms with E-state index in [0.29, 0.717) is 0 Å². The molecule has 0 aliphatic carbocycles. The summed E-state index contributed by atoms with van der Waals surface area (Å²) in [7, 11) is 0. The number of nitrogens with one attached hydrogen (secondary N) is 1. The molecule has 0 unspecified atom stereocenters. The number of halogens is 1. The fraction of sp³-hybridized carbons (Fsp3) is 0.222. The van der Waals surface area contributed by atoms with Crippen LogP contribution >= 0.6 is 11.6 Å². The molecule has 0 bridgehead atoms. The first-order valence-electron chi connectivity index (χ1n) is 7.11. The molecule has 21 heavy (non-hydrogen) atoms. The van der Waals surface area contributed by atoms with Gasteiger partial charge in [0.05, 0.1) is 0 Å². The number of furan rings is 1. The highest BCUT2D eigenvalue weighted by Crippen LogP contribution is 2.26. The minimum absolute atomic E-state index is 0.233. The monoisotopic (exact) mass is 299 g/mol. The molecule has 2 aromatic carbocycles. The van der Waals surface area contributed by atoms with Gasteiger partial charge in [0.25, 0.3) is 0 Å². The van der Waals surface area contributed by atoms with E-state index in [9.17, 15) is 0 Å². The first-order valence-corrected chi connectivity index (χ1v) is 7.49. The van der Waals surface area contributed by atoms with Crippen molar-refractivity contribution in [3.63, 3.8) is 0 Å². The van der Waals surface area contributed by atoms with Gasteiger partial charge in [-0.2, -0.15) is 0 Å².